The summed E-state index contributed by atoms with van der Waals surface area (Å²) in [4.78, 5) is 12.6. The Bertz CT molecular complexity index is 2640. The lowest BCUT2D eigenvalue weighted by Crippen LogP contribution is -2.11. The molecule has 0 N–H and O–H groups in total. The third-order valence-electron chi connectivity index (χ3n) is 9.70. The summed E-state index contributed by atoms with van der Waals surface area (Å²) in [5, 5.41) is 0. The SMILES string of the molecule is c1ccc(-c2ccc(N(c3ccc(-c4nc5ccccc5nc4-c4ccccc4)cc3)c3ccccc3-c3ccccc3-c3ccccc3)cc2)cc1. The third-order valence-corrected chi connectivity index (χ3v) is 9.70. The lowest BCUT2D eigenvalue weighted by atomic mass is 9.93. The van der Waals surface area contributed by atoms with E-state index >= 15 is 0 Å². The normalized spacial score (nSPS) is 11.0. The van der Waals surface area contributed by atoms with Crippen LogP contribution in [-0.2, 0) is 0 Å². The van der Waals surface area contributed by atoms with Crippen LogP contribution in [0.3, 0.4) is 0 Å². The van der Waals surface area contributed by atoms with Crippen LogP contribution in [0.15, 0.2) is 212 Å². The van der Waals surface area contributed by atoms with Crippen LogP contribution in [0.4, 0.5) is 17.1 Å². The molecule has 0 spiro atoms. The van der Waals surface area contributed by atoms with Gasteiger partial charge in [0.15, 0.2) is 0 Å². The number of benzene rings is 8. The molecule has 1 aromatic heterocycles. The zero-order chi connectivity index (χ0) is 35.4. The van der Waals surface area contributed by atoms with E-state index in [1.165, 1.54) is 27.8 Å². The average molecular weight is 678 g/mol. The molecule has 0 atom stereocenters. The first kappa shape index (κ1) is 31.9. The number of hydrogen-bond donors (Lipinski definition) is 0. The number of hydrogen-bond acceptors (Lipinski definition) is 3. The predicted molar refractivity (Wildman–Crippen MR) is 221 cm³/mol. The van der Waals surface area contributed by atoms with Crippen LogP contribution in [0.25, 0.3) is 66.9 Å². The van der Waals surface area contributed by atoms with Gasteiger partial charge in [0.25, 0.3) is 0 Å². The second-order valence-electron chi connectivity index (χ2n) is 13.0. The zero-order valence-electron chi connectivity index (χ0n) is 29.0. The Balaban J connectivity index is 1.20. The fraction of sp³-hybridized carbons (Fsp3) is 0. The molecule has 3 heteroatoms. The van der Waals surface area contributed by atoms with E-state index in [1.807, 2.05) is 42.5 Å². The van der Waals surface area contributed by atoms with Crippen molar-refractivity contribution < 1.29 is 0 Å². The third kappa shape index (κ3) is 6.37. The highest BCUT2D eigenvalue weighted by molar-refractivity contribution is 5.94. The minimum absolute atomic E-state index is 0.859. The molecule has 0 fully saturated rings. The Morgan fingerprint density at radius 2 is 0.642 bits per heavy atom. The molecule has 0 aliphatic heterocycles. The standard InChI is InChI=1S/C50H35N3/c1-4-16-36(17-5-1)37-28-32-41(33-29-37)53(48-27-15-12-24-45(48)44-23-11-10-22-43(44)38-18-6-2-7-19-38)42-34-30-40(31-35-42)50-49(39-20-8-3-9-21-39)51-46-25-13-14-26-47(46)52-50/h1-35H. The number of aromatic nitrogens is 2. The van der Waals surface area contributed by atoms with Crippen LogP contribution in [-0.4, -0.2) is 9.97 Å². The van der Waals surface area contributed by atoms with Crippen molar-refractivity contribution in [2.45, 2.75) is 0 Å². The largest absolute Gasteiger partial charge is 0.310 e. The topological polar surface area (TPSA) is 29.0 Å². The van der Waals surface area contributed by atoms with Crippen LogP contribution in [0.1, 0.15) is 0 Å². The number of nitrogens with zero attached hydrogens (tertiary/aromatic N) is 3. The molecular formula is C50H35N3. The molecule has 0 amide bonds. The molecular weight excluding hydrogens is 643 g/mol. The quantitative estimate of drug-likeness (QED) is 0.160. The fourth-order valence-corrected chi connectivity index (χ4v) is 7.11. The molecule has 8 aromatic carbocycles. The smallest absolute Gasteiger partial charge is 0.0973 e. The maximum atomic E-state index is 5.17. The molecule has 0 unspecified atom stereocenters. The van der Waals surface area contributed by atoms with Gasteiger partial charge in [-0.1, -0.05) is 170 Å². The van der Waals surface area contributed by atoms with E-state index in [1.54, 1.807) is 0 Å². The van der Waals surface area contributed by atoms with Gasteiger partial charge in [-0.25, -0.2) is 9.97 Å². The average Bonchev–Trinajstić information content (AvgIpc) is 3.25. The maximum absolute atomic E-state index is 5.17. The Morgan fingerprint density at radius 1 is 0.264 bits per heavy atom. The number of anilines is 3. The molecule has 0 saturated carbocycles. The van der Waals surface area contributed by atoms with E-state index in [4.69, 9.17) is 9.97 Å². The number of fused-ring (bicyclic) bond motifs is 1. The van der Waals surface area contributed by atoms with Crippen molar-refractivity contribution in [3.05, 3.63) is 212 Å². The molecule has 0 bridgehead atoms. The zero-order valence-corrected chi connectivity index (χ0v) is 29.0. The van der Waals surface area contributed by atoms with Crippen molar-refractivity contribution in [2.75, 3.05) is 4.90 Å². The summed E-state index contributed by atoms with van der Waals surface area (Å²) in [6.07, 6.45) is 0. The van der Waals surface area contributed by atoms with Crippen LogP contribution < -0.4 is 4.90 Å². The van der Waals surface area contributed by atoms with Gasteiger partial charge in [-0.3, -0.25) is 0 Å². The Kier molecular flexibility index (Phi) is 8.57. The van der Waals surface area contributed by atoms with E-state index in [2.05, 4.69) is 175 Å². The number of para-hydroxylation sites is 3. The van der Waals surface area contributed by atoms with Crippen molar-refractivity contribution in [2.24, 2.45) is 0 Å². The lowest BCUT2D eigenvalue weighted by molar-refractivity contribution is 1.27. The molecule has 3 nitrogen and oxygen atoms in total. The highest BCUT2D eigenvalue weighted by atomic mass is 15.1. The van der Waals surface area contributed by atoms with Crippen molar-refractivity contribution in [1.29, 1.82) is 0 Å². The maximum Gasteiger partial charge on any atom is 0.0973 e. The summed E-state index contributed by atoms with van der Waals surface area (Å²) in [7, 11) is 0. The summed E-state index contributed by atoms with van der Waals surface area (Å²) in [5.41, 5.74) is 15.8. The van der Waals surface area contributed by atoms with Crippen molar-refractivity contribution in [3.8, 4) is 55.9 Å². The summed E-state index contributed by atoms with van der Waals surface area (Å²) in [6.45, 7) is 0. The first-order chi connectivity index (χ1) is 26.3. The first-order valence-corrected chi connectivity index (χ1v) is 17.9. The highest BCUT2D eigenvalue weighted by Gasteiger charge is 2.20. The van der Waals surface area contributed by atoms with Gasteiger partial charge in [0.2, 0.25) is 0 Å². The Labute approximate surface area is 310 Å². The van der Waals surface area contributed by atoms with E-state index in [0.29, 0.717) is 0 Å². The molecule has 53 heavy (non-hydrogen) atoms. The van der Waals surface area contributed by atoms with E-state index in [-0.39, 0.29) is 0 Å². The van der Waals surface area contributed by atoms with Gasteiger partial charge in [0, 0.05) is 28.1 Å². The van der Waals surface area contributed by atoms with Gasteiger partial charge in [0.1, 0.15) is 0 Å². The second kappa shape index (κ2) is 14.3. The molecule has 0 aliphatic rings. The summed E-state index contributed by atoms with van der Waals surface area (Å²) < 4.78 is 0. The first-order valence-electron chi connectivity index (χ1n) is 17.9. The van der Waals surface area contributed by atoms with Gasteiger partial charge in [-0.2, -0.15) is 0 Å². The van der Waals surface area contributed by atoms with Gasteiger partial charge in [-0.05, 0) is 70.3 Å². The molecule has 0 saturated heterocycles. The molecule has 0 radical (unpaired) electrons. The van der Waals surface area contributed by atoms with Crippen molar-refractivity contribution in [1.82, 2.24) is 9.97 Å². The summed E-state index contributed by atoms with van der Waals surface area (Å²) >= 11 is 0. The minimum atomic E-state index is 0.859. The molecule has 9 rings (SSSR count). The summed E-state index contributed by atoms with van der Waals surface area (Å²) in [5.74, 6) is 0. The molecule has 250 valence electrons. The fourth-order valence-electron chi connectivity index (χ4n) is 7.11. The van der Waals surface area contributed by atoms with Crippen molar-refractivity contribution in [3.63, 3.8) is 0 Å². The van der Waals surface area contributed by atoms with Gasteiger partial charge < -0.3 is 4.90 Å². The molecule has 9 aromatic rings. The highest BCUT2D eigenvalue weighted by Crippen LogP contribution is 2.44. The molecule has 0 aliphatic carbocycles. The van der Waals surface area contributed by atoms with Crippen LogP contribution in [0.2, 0.25) is 0 Å². The second-order valence-corrected chi connectivity index (χ2v) is 13.0. The number of rotatable bonds is 8. The van der Waals surface area contributed by atoms with E-state index in [0.717, 1.165) is 56.2 Å². The van der Waals surface area contributed by atoms with E-state index < -0.39 is 0 Å². The van der Waals surface area contributed by atoms with Crippen LogP contribution in [0.5, 0.6) is 0 Å². The minimum Gasteiger partial charge on any atom is -0.310 e. The van der Waals surface area contributed by atoms with Crippen molar-refractivity contribution >= 4 is 28.1 Å². The predicted octanol–water partition coefficient (Wildman–Crippen LogP) is 13.4. The monoisotopic (exact) mass is 677 g/mol. The van der Waals surface area contributed by atoms with Gasteiger partial charge >= 0.3 is 0 Å². The molecule has 1 heterocycles. The van der Waals surface area contributed by atoms with Crippen LogP contribution in [0, 0.1) is 0 Å². The Hall–Kier alpha value is -7.10. The van der Waals surface area contributed by atoms with Crippen LogP contribution >= 0.6 is 0 Å². The van der Waals surface area contributed by atoms with Gasteiger partial charge in [-0.15, -0.1) is 0 Å². The Morgan fingerprint density at radius 3 is 1.21 bits per heavy atom. The summed E-state index contributed by atoms with van der Waals surface area (Å²) in [6, 6.07) is 74.6. The van der Waals surface area contributed by atoms with Gasteiger partial charge in [0.05, 0.1) is 28.1 Å². The lowest BCUT2D eigenvalue weighted by Gasteiger charge is -2.29. The van der Waals surface area contributed by atoms with E-state index in [9.17, 15) is 0 Å².